The van der Waals surface area contributed by atoms with Crippen LogP contribution < -0.4 is 0 Å². The van der Waals surface area contributed by atoms with Crippen LogP contribution in [-0.4, -0.2) is 22.3 Å². The summed E-state index contributed by atoms with van der Waals surface area (Å²) in [6.07, 6.45) is 2.86. The Labute approximate surface area is 141 Å². The number of hydrogen-bond donors (Lipinski definition) is 1. The Morgan fingerprint density at radius 1 is 0.917 bits per heavy atom. The summed E-state index contributed by atoms with van der Waals surface area (Å²) in [5.74, 6) is -0.0628. The number of aromatic amines is 1. The van der Waals surface area contributed by atoms with Crippen LogP contribution in [0.15, 0.2) is 72.9 Å². The van der Waals surface area contributed by atoms with Crippen molar-refractivity contribution >= 4 is 5.91 Å². The van der Waals surface area contributed by atoms with Crippen molar-refractivity contribution in [3.63, 3.8) is 0 Å². The van der Waals surface area contributed by atoms with Gasteiger partial charge in [-0.2, -0.15) is 0 Å². The monoisotopic (exact) mass is 316 g/mol. The second kappa shape index (κ2) is 6.36. The number of hydrogen-bond acceptors (Lipinski definition) is 1. The van der Waals surface area contributed by atoms with Crippen LogP contribution in [0.2, 0.25) is 0 Å². The molecule has 1 aliphatic rings. The van der Waals surface area contributed by atoms with Gasteiger partial charge in [0, 0.05) is 31.4 Å². The number of rotatable bonds is 3. The molecule has 1 aromatic heterocycles. The molecule has 3 heteroatoms. The van der Waals surface area contributed by atoms with Crippen LogP contribution in [-0.2, 0) is 17.8 Å². The van der Waals surface area contributed by atoms with Gasteiger partial charge < -0.3 is 9.88 Å². The van der Waals surface area contributed by atoms with Crippen LogP contribution >= 0.6 is 0 Å². The molecular weight excluding hydrogens is 296 g/mol. The normalized spacial score (nSPS) is 13.8. The van der Waals surface area contributed by atoms with Gasteiger partial charge in [0.2, 0.25) is 5.91 Å². The smallest absolute Gasteiger partial charge is 0.234 e. The van der Waals surface area contributed by atoms with Gasteiger partial charge in [-0.1, -0.05) is 60.7 Å². The molecule has 24 heavy (non-hydrogen) atoms. The SMILES string of the molecule is O=C(C(c1ccccc1)c1ccccc1)N1CCc2[nH]ccc2C1. The van der Waals surface area contributed by atoms with E-state index in [4.69, 9.17) is 0 Å². The molecule has 120 valence electrons. The standard InChI is InChI=1S/C21H20N2O/c24-21(23-14-12-19-18(15-23)11-13-22-19)20(16-7-3-1-4-8-16)17-9-5-2-6-10-17/h1-11,13,20,22H,12,14-15H2. The van der Waals surface area contributed by atoms with Crippen LogP contribution in [0.5, 0.6) is 0 Å². The van der Waals surface area contributed by atoms with Crippen molar-refractivity contribution in [2.45, 2.75) is 18.9 Å². The lowest BCUT2D eigenvalue weighted by Gasteiger charge is -2.31. The molecule has 1 amide bonds. The molecule has 2 aromatic carbocycles. The lowest BCUT2D eigenvalue weighted by Crippen LogP contribution is -2.39. The van der Waals surface area contributed by atoms with Crippen molar-refractivity contribution in [1.29, 1.82) is 0 Å². The highest BCUT2D eigenvalue weighted by Gasteiger charge is 2.29. The minimum atomic E-state index is -0.243. The molecule has 0 aliphatic carbocycles. The second-order valence-corrected chi connectivity index (χ2v) is 6.25. The predicted molar refractivity (Wildman–Crippen MR) is 94.6 cm³/mol. The zero-order chi connectivity index (χ0) is 16.4. The highest BCUT2D eigenvalue weighted by atomic mass is 16.2. The Hall–Kier alpha value is -2.81. The summed E-state index contributed by atoms with van der Waals surface area (Å²) >= 11 is 0. The quantitative estimate of drug-likeness (QED) is 0.785. The molecule has 0 saturated carbocycles. The number of nitrogens with zero attached hydrogens (tertiary/aromatic N) is 1. The lowest BCUT2D eigenvalue weighted by molar-refractivity contribution is -0.132. The number of amides is 1. The molecule has 2 heterocycles. The molecule has 0 spiro atoms. The summed E-state index contributed by atoms with van der Waals surface area (Å²) in [5.41, 5.74) is 4.59. The van der Waals surface area contributed by atoms with E-state index >= 15 is 0 Å². The maximum absolute atomic E-state index is 13.3. The first-order valence-electron chi connectivity index (χ1n) is 8.37. The van der Waals surface area contributed by atoms with Crippen molar-refractivity contribution in [2.75, 3.05) is 6.54 Å². The van der Waals surface area contributed by atoms with Gasteiger partial charge in [0.25, 0.3) is 0 Å². The van der Waals surface area contributed by atoms with E-state index in [1.54, 1.807) is 0 Å². The van der Waals surface area contributed by atoms with E-state index in [9.17, 15) is 4.79 Å². The van der Waals surface area contributed by atoms with Crippen LogP contribution in [0.3, 0.4) is 0 Å². The Kier molecular flexibility index (Phi) is 3.91. The van der Waals surface area contributed by atoms with Gasteiger partial charge in [-0.3, -0.25) is 4.79 Å². The van der Waals surface area contributed by atoms with Gasteiger partial charge in [-0.15, -0.1) is 0 Å². The molecule has 0 atom stereocenters. The van der Waals surface area contributed by atoms with E-state index in [0.717, 1.165) is 24.1 Å². The largest absolute Gasteiger partial charge is 0.365 e. The number of nitrogens with one attached hydrogen (secondary N) is 1. The third-order valence-electron chi connectivity index (χ3n) is 4.75. The molecule has 0 bridgehead atoms. The summed E-state index contributed by atoms with van der Waals surface area (Å²) in [4.78, 5) is 18.6. The third-order valence-corrected chi connectivity index (χ3v) is 4.75. The van der Waals surface area contributed by atoms with Crippen molar-refractivity contribution in [3.8, 4) is 0 Å². The van der Waals surface area contributed by atoms with Gasteiger partial charge in [0.15, 0.2) is 0 Å². The van der Waals surface area contributed by atoms with E-state index in [2.05, 4.69) is 11.1 Å². The third kappa shape index (κ3) is 2.73. The zero-order valence-corrected chi connectivity index (χ0v) is 13.5. The number of carbonyl (C=O) groups is 1. The van der Waals surface area contributed by atoms with E-state index in [1.807, 2.05) is 71.8 Å². The maximum Gasteiger partial charge on any atom is 0.234 e. The van der Waals surface area contributed by atoms with Crippen LogP contribution in [0.4, 0.5) is 0 Å². The van der Waals surface area contributed by atoms with E-state index < -0.39 is 0 Å². The molecular formula is C21H20N2O. The highest BCUT2D eigenvalue weighted by molar-refractivity contribution is 5.87. The molecule has 0 unspecified atom stereocenters. The Bertz CT molecular complexity index is 784. The number of benzene rings is 2. The minimum absolute atomic E-state index is 0.180. The first-order chi connectivity index (χ1) is 11.8. The molecule has 1 N–H and O–H groups in total. The topological polar surface area (TPSA) is 36.1 Å². The molecule has 3 aromatic rings. The van der Waals surface area contributed by atoms with Gasteiger partial charge >= 0.3 is 0 Å². The van der Waals surface area contributed by atoms with Crippen LogP contribution in [0, 0.1) is 0 Å². The van der Waals surface area contributed by atoms with Crippen molar-refractivity contribution in [3.05, 3.63) is 95.3 Å². The van der Waals surface area contributed by atoms with E-state index in [1.165, 1.54) is 11.3 Å². The minimum Gasteiger partial charge on any atom is -0.365 e. The number of H-pyrrole nitrogens is 1. The highest BCUT2D eigenvalue weighted by Crippen LogP contribution is 2.29. The zero-order valence-electron chi connectivity index (χ0n) is 13.5. The van der Waals surface area contributed by atoms with Gasteiger partial charge in [0.1, 0.15) is 0 Å². The molecule has 3 nitrogen and oxygen atoms in total. The predicted octanol–water partition coefficient (Wildman–Crippen LogP) is 3.73. The summed E-state index contributed by atoms with van der Waals surface area (Å²) in [6.45, 7) is 1.45. The molecule has 0 saturated heterocycles. The van der Waals surface area contributed by atoms with Gasteiger partial charge in [-0.25, -0.2) is 0 Å². The molecule has 1 aliphatic heterocycles. The number of fused-ring (bicyclic) bond motifs is 1. The summed E-state index contributed by atoms with van der Waals surface area (Å²) in [7, 11) is 0. The average molecular weight is 316 g/mol. The fourth-order valence-corrected chi connectivity index (χ4v) is 3.49. The van der Waals surface area contributed by atoms with Crippen LogP contribution in [0.25, 0.3) is 0 Å². The van der Waals surface area contributed by atoms with Gasteiger partial charge in [0.05, 0.1) is 5.92 Å². The first-order valence-corrected chi connectivity index (χ1v) is 8.37. The summed E-state index contributed by atoms with van der Waals surface area (Å²) in [5, 5.41) is 0. The van der Waals surface area contributed by atoms with Crippen molar-refractivity contribution in [2.24, 2.45) is 0 Å². The molecule has 0 radical (unpaired) electrons. The molecule has 4 rings (SSSR count). The first kappa shape index (κ1) is 14.8. The number of aromatic nitrogens is 1. The van der Waals surface area contributed by atoms with Crippen LogP contribution in [0.1, 0.15) is 28.3 Å². The van der Waals surface area contributed by atoms with E-state index in [-0.39, 0.29) is 11.8 Å². The van der Waals surface area contributed by atoms with Gasteiger partial charge in [-0.05, 0) is 22.8 Å². The van der Waals surface area contributed by atoms with Crippen molar-refractivity contribution in [1.82, 2.24) is 9.88 Å². The second-order valence-electron chi connectivity index (χ2n) is 6.25. The molecule has 0 fully saturated rings. The Morgan fingerprint density at radius 2 is 1.54 bits per heavy atom. The maximum atomic E-state index is 13.3. The Balaban J connectivity index is 1.68. The fourth-order valence-electron chi connectivity index (χ4n) is 3.49. The average Bonchev–Trinajstić information content (AvgIpc) is 3.11. The Morgan fingerprint density at radius 3 is 2.17 bits per heavy atom. The summed E-state index contributed by atoms with van der Waals surface area (Å²) in [6, 6.07) is 22.2. The lowest BCUT2D eigenvalue weighted by atomic mass is 9.89. The van der Waals surface area contributed by atoms with E-state index in [0.29, 0.717) is 6.54 Å². The van der Waals surface area contributed by atoms with Crippen molar-refractivity contribution < 1.29 is 4.79 Å². The summed E-state index contributed by atoms with van der Waals surface area (Å²) < 4.78 is 0. The fraction of sp³-hybridized carbons (Fsp3) is 0.190. The number of carbonyl (C=O) groups excluding carboxylic acids is 1.